The Hall–Kier alpha value is -2.88. The molecule has 1 aliphatic rings. The van der Waals surface area contributed by atoms with Gasteiger partial charge >= 0.3 is 0 Å². The highest BCUT2D eigenvalue weighted by atomic mass is 15.2. The van der Waals surface area contributed by atoms with Crippen molar-refractivity contribution in [1.82, 2.24) is 0 Å². The summed E-state index contributed by atoms with van der Waals surface area (Å²) in [5, 5.41) is 0. The van der Waals surface area contributed by atoms with Crippen LogP contribution >= 0.6 is 0 Å². The number of hydrogen-bond donors (Lipinski definition) is 2. The SMILES string of the molecule is Nc1ccc(N2C=CN(c3ccc(N)cc3)C=C2)cc1. The minimum absolute atomic E-state index is 0.766. The van der Waals surface area contributed by atoms with Gasteiger partial charge in [0.2, 0.25) is 0 Å². The molecular formula is C16H16N4. The van der Waals surface area contributed by atoms with Crippen molar-refractivity contribution in [1.29, 1.82) is 0 Å². The molecule has 2 aromatic carbocycles. The van der Waals surface area contributed by atoms with Crippen LogP contribution in [0.3, 0.4) is 0 Å². The van der Waals surface area contributed by atoms with Crippen molar-refractivity contribution < 1.29 is 0 Å². The first-order valence-electron chi connectivity index (χ1n) is 6.37. The fourth-order valence-electron chi connectivity index (χ4n) is 2.02. The fraction of sp³-hybridized carbons (Fsp3) is 0. The molecule has 0 saturated carbocycles. The highest BCUT2D eigenvalue weighted by Gasteiger charge is 2.07. The topological polar surface area (TPSA) is 58.5 Å². The zero-order chi connectivity index (χ0) is 13.9. The van der Waals surface area contributed by atoms with E-state index < -0.39 is 0 Å². The maximum atomic E-state index is 5.69. The molecule has 1 aliphatic heterocycles. The van der Waals surface area contributed by atoms with Crippen LogP contribution in [0.5, 0.6) is 0 Å². The van der Waals surface area contributed by atoms with E-state index in [2.05, 4.69) is 0 Å². The highest BCUT2D eigenvalue weighted by Crippen LogP contribution is 2.23. The third kappa shape index (κ3) is 2.44. The summed E-state index contributed by atoms with van der Waals surface area (Å²) in [4.78, 5) is 4.07. The van der Waals surface area contributed by atoms with Crippen LogP contribution in [0.2, 0.25) is 0 Å². The lowest BCUT2D eigenvalue weighted by molar-refractivity contribution is 1.15. The van der Waals surface area contributed by atoms with Crippen LogP contribution in [0.4, 0.5) is 22.7 Å². The maximum absolute atomic E-state index is 5.69. The molecule has 0 unspecified atom stereocenters. The summed E-state index contributed by atoms with van der Waals surface area (Å²) in [6, 6.07) is 15.5. The Morgan fingerprint density at radius 3 is 1.10 bits per heavy atom. The lowest BCUT2D eigenvalue weighted by Crippen LogP contribution is -2.18. The van der Waals surface area contributed by atoms with E-state index in [1.807, 2.05) is 83.1 Å². The van der Waals surface area contributed by atoms with E-state index in [1.54, 1.807) is 0 Å². The second kappa shape index (κ2) is 5.01. The molecule has 0 radical (unpaired) electrons. The van der Waals surface area contributed by atoms with E-state index in [4.69, 9.17) is 11.5 Å². The van der Waals surface area contributed by atoms with Crippen molar-refractivity contribution in [2.75, 3.05) is 21.3 Å². The maximum Gasteiger partial charge on any atom is 0.0452 e. The molecule has 20 heavy (non-hydrogen) atoms. The molecule has 100 valence electrons. The van der Waals surface area contributed by atoms with Crippen LogP contribution in [-0.4, -0.2) is 0 Å². The molecule has 0 saturated heterocycles. The van der Waals surface area contributed by atoms with E-state index in [0.717, 1.165) is 22.7 Å². The number of nitrogens with two attached hydrogens (primary N) is 2. The van der Waals surface area contributed by atoms with E-state index in [-0.39, 0.29) is 0 Å². The third-order valence-electron chi connectivity index (χ3n) is 3.16. The summed E-state index contributed by atoms with van der Waals surface area (Å²) >= 11 is 0. The van der Waals surface area contributed by atoms with Crippen LogP contribution in [0, 0.1) is 0 Å². The average molecular weight is 264 g/mol. The van der Waals surface area contributed by atoms with E-state index in [1.165, 1.54) is 0 Å². The second-order valence-corrected chi connectivity index (χ2v) is 4.59. The number of nitrogen functional groups attached to an aromatic ring is 2. The van der Waals surface area contributed by atoms with Crippen LogP contribution in [0.25, 0.3) is 0 Å². The quantitative estimate of drug-likeness (QED) is 0.818. The molecule has 4 heteroatoms. The molecule has 1 heterocycles. The molecule has 0 aliphatic carbocycles. The van der Waals surface area contributed by atoms with E-state index >= 15 is 0 Å². The van der Waals surface area contributed by atoms with E-state index in [9.17, 15) is 0 Å². The van der Waals surface area contributed by atoms with Gasteiger partial charge in [0.15, 0.2) is 0 Å². The van der Waals surface area contributed by atoms with Gasteiger partial charge < -0.3 is 21.3 Å². The standard InChI is InChI=1S/C16H16N4/c17-13-1-5-15(6-2-13)19-9-11-20(12-10-19)16-7-3-14(18)4-8-16/h1-12H,17-18H2. The zero-order valence-electron chi connectivity index (χ0n) is 11.0. The average Bonchev–Trinajstić information content (AvgIpc) is 2.49. The van der Waals surface area contributed by atoms with Gasteiger partial charge in [-0.05, 0) is 48.5 Å². The fourth-order valence-corrected chi connectivity index (χ4v) is 2.02. The Bertz CT molecular complexity index is 570. The summed E-state index contributed by atoms with van der Waals surface area (Å²) in [5.41, 5.74) is 15.1. The van der Waals surface area contributed by atoms with Gasteiger partial charge in [-0.3, -0.25) is 0 Å². The van der Waals surface area contributed by atoms with Crippen LogP contribution in [-0.2, 0) is 0 Å². The predicted octanol–water partition coefficient (Wildman–Crippen LogP) is 3.12. The summed E-state index contributed by atoms with van der Waals surface area (Å²) in [7, 11) is 0. The van der Waals surface area contributed by atoms with Gasteiger partial charge in [-0.25, -0.2) is 0 Å². The van der Waals surface area contributed by atoms with Gasteiger partial charge in [0.05, 0.1) is 0 Å². The normalized spacial score (nSPS) is 13.8. The van der Waals surface area contributed by atoms with Crippen LogP contribution < -0.4 is 21.3 Å². The Kier molecular flexibility index (Phi) is 3.05. The Morgan fingerprint density at radius 1 is 0.500 bits per heavy atom. The first-order valence-corrected chi connectivity index (χ1v) is 6.37. The van der Waals surface area contributed by atoms with Crippen molar-refractivity contribution in [2.24, 2.45) is 0 Å². The van der Waals surface area contributed by atoms with Gasteiger partial charge in [0.1, 0.15) is 0 Å². The van der Waals surface area contributed by atoms with Crippen molar-refractivity contribution in [3.8, 4) is 0 Å². The van der Waals surface area contributed by atoms with E-state index in [0.29, 0.717) is 0 Å². The minimum Gasteiger partial charge on any atom is -0.399 e. The lowest BCUT2D eigenvalue weighted by atomic mass is 10.2. The number of hydrogen-bond acceptors (Lipinski definition) is 4. The molecule has 0 atom stereocenters. The molecule has 0 bridgehead atoms. The summed E-state index contributed by atoms with van der Waals surface area (Å²) in [5.74, 6) is 0. The molecule has 0 amide bonds. The monoisotopic (exact) mass is 264 g/mol. The molecule has 2 aromatic rings. The van der Waals surface area contributed by atoms with Crippen LogP contribution in [0.15, 0.2) is 73.3 Å². The van der Waals surface area contributed by atoms with Crippen molar-refractivity contribution in [3.63, 3.8) is 0 Å². The highest BCUT2D eigenvalue weighted by molar-refractivity contribution is 5.62. The zero-order valence-corrected chi connectivity index (χ0v) is 11.0. The molecule has 0 aromatic heterocycles. The Labute approximate surface area is 118 Å². The first-order chi connectivity index (χ1) is 9.72. The Morgan fingerprint density at radius 2 is 0.800 bits per heavy atom. The van der Waals surface area contributed by atoms with Gasteiger partial charge in [-0.2, -0.15) is 0 Å². The second-order valence-electron chi connectivity index (χ2n) is 4.59. The number of anilines is 4. The molecule has 0 spiro atoms. The summed E-state index contributed by atoms with van der Waals surface area (Å²) < 4.78 is 0. The molecule has 3 rings (SSSR count). The van der Waals surface area contributed by atoms with Crippen molar-refractivity contribution >= 4 is 22.7 Å². The predicted molar refractivity (Wildman–Crippen MR) is 84.9 cm³/mol. The van der Waals surface area contributed by atoms with Crippen molar-refractivity contribution in [2.45, 2.75) is 0 Å². The molecule has 0 fully saturated rings. The van der Waals surface area contributed by atoms with Crippen molar-refractivity contribution in [3.05, 3.63) is 73.3 Å². The van der Waals surface area contributed by atoms with Gasteiger partial charge in [-0.15, -0.1) is 0 Å². The number of benzene rings is 2. The van der Waals surface area contributed by atoms with Gasteiger partial charge in [0, 0.05) is 47.5 Å². The minimum atomic E-state index is 0.766. The largest absolute Gasteiger partial charge is 0.399 e. The summed E-state index contributed by atoms with van der Waals surface area (Å²) in [6.07, 6.45) is 8.01. The molecule has 4 N–H and O–H groups in total. The third-order valence-corrected chi connectivity index (χ3v) is 3.16. The molecule has 4 nitrogen and oxygen atoms in total. The summed E-state index contributed by atoms with van der Waals surface area (Å²) in [6.45, 7) is 0. The number of rotatable bonds is 2. The smallest absolute Gasteiger partial charge is 0.0452 e. The Balaban J connectivity index is 1.77. The first kappa shape index (κ1) is 12.2. The van der Waals surface area contributed by atoms with Gasteiger partial charge in [-0.1, -0.05) is 0 Å². The lowest BCUT2D eigenvalue weighted by Gasteiger charge is -2.25. The van der Waals surface area contributed by atoms with Crippen LogP contribution in [0.1, 0.15) is 0 Å². The number of nitrogens with zero attached hydrogens (tertiary/aromatic N) is 2. The van der Waals surface area contributed by atoms with Gasteiger partial charge in [0.25, 0.3) is 0 Å². The molecular weight excluding hydrogens is 248 g/mol.